The highest BCUT2D eigenvalue weighted by Gasteiger charge is 2.38. The molecule has 3 aromatic rings. The SMILES string of the molecule is Nc1c2ncn([C@H]3C[C@H](O)[C@@H](COP(=O)(O)O)O3)c2nc[n+]1CC(O)c1ccccc1. The predicted molar refractivity (Wildman–Crippen MR) is 106 cm³/mol. The predicted octanol–water partition coefficient (Wildman–Crippen LogP) is -0.208. The van der Waals surface area contributed by atoms with Gasteiger partial charge in [-0.1, -0.05) is 35.3 Å². The molecule has 2 aromatic heterocycles. The molecule has 12 nitrogen and oxygen atoms in total. The third kappa shape index (κ3) is 4.75. The van der Waals surface area contributed by atoms with Gasteiger partial charge in [-0.3, -0.25) is 9.09 Å². The number of hydrogen-bond donors (Lipinski definition) is 5. The number of hydrogen-bond acceptors (Lipinski definition) is 8. The quantitative estimate of drug-likeness (QED) is 0.238. The number of anilines is 1. The number of ether oxygens (including phenoxy) is 1. The molecule has 1 aliphatic heterocycles. The van der Waals surface area contributed by atoms with E-state index in [1.807, 2.05) is 30.3 Å². The Hall–Kier alpha value is -2.44. The van der Waals surface area contributed by atoms with E-state index in [-0.39, 0.29) is 13.0 Å². The van der Waals surface area contributed by atoms with Gasteiger partial charge < -0.3 is 30.5 Å². The van der Waals surface area contributed by atoms with Gasteiger partial charge in [-0.05, 0) is 5.56 Å². The Kier molecular flexibility index (Phi) is 6.04. The van der Waals surface area contributed by atoms with Gasteiger partial charge in [0, 0.05) is 6.42 Å². The van der Waals surface area contributed by atoms with Crippen molar-refractivity contribution in [2.45, 2.75) is 37.5 Å². The summed E-state index contributed by atoms with van der Waals surface area (Å²) in [4.78, 5) is 26.4. The van der Waals surface area contributed by atoms with E-state index >= 15 is 0 Å². The first kappa shape index (κ1) is 21.8. The highest BCUT2D eigenvalue weighted by Crippen LogP contribution is 2.38. The van der Waals surface area contributed by atoms with Crippen LogP contribution in [0.2, 0.25) is 0 Å². The number of nitrogens with zero attached hydrogens (tertiary/aromatic N) is 4. The molecule has 1 saturated heterocycles. The zero-order valence-electron chi connectivity index (χ0n) is 16.3. The van der Waals surface area contributed by atoms with Gasteiger partial charge in [0.1, 0.15) is 31.3 Å². The Bertz CT molecular complexity index is 1110. The summed E-state index contributed by atoms with van der Waals surface area (Å²) in [7, 11) is -4.67. The fourth-order valence-electron chi connectivity index (χ4n) is 3.52. The molecule has 1 aliphatic rings. The minimum Gasteiger partial charge on any atom is -0.390 e. The molecule has 0 aliphatic carbocycles. The van der Waals surface area contributed by atoms with E-state index in [0.717, 1.165) is 5.56 Å². The van der Waals surface area contributed by atoms with E-state index in [9.17, 15) is 14.8 Å². The van der Waals surface area contributed by atoms with Crippen molar-refractivity contribution in [3.63, 3.8) is 0 Å². The van der Waals surface area contributed by atoms with E-state index in [0.29, 0.717) is 17.0 Å². The van der Waals surface area contributed by atoms with Crippen LogP contribution in [-0.2, 0) is 20.4 Å². The van der Waals surface area contributed by atoms with E-state index in [2.05, 4.69) is 14.5 Å². The Labute approximate surface area is 176 Å². The Balaban J connectivity index is 1.52. The molecule has 1 fully saturated rings. The number of phosphoric acid groups is 1. The van der Waals surface area contributed by atoms with Crippen LogP contribution in [0.4, 0.5) is 5.82 Å². The third-order valence-corrected chi connectivity index (χ3v) is 5.60. The zero-order valence-corrected chi connectivity index (χ0v) is 17.2. The largest absolute Gasteiger partial charge is 0.469 e. The summed E-state index contributed by atoms with van der Waals surface area (Å²) in [6.07, 6.45) is -0.231. The first-order chi connectivity index (χ1) is 14.7. The Morgan fingerprint density at radius 3 is 2.77 bits per heavy atom. The second-order valence-electron chi connectivity index (χ2n) is 7.25. The summed E-state index contributed by atoms with van der Waals surface area (Å²) >= 11 is 0. The van der Waals surface area contributed by atoms with Crippen LogP contribution < -0.4 is 10.3 Å². The number of aliphatic hydroxyl groups is 2. The van der Waals surface area contributed by atoms with Crippen LogP contribution in [0.5, 0.6) is 0 Å². The molecule has 1 unspecified atom stereocenters. The number of aliphatic hydroxyl groups excluding tert-OH is 2. The van der Waals surface area contributed by atoms with Crippen LogP contribution in [0.15, 0.2) is 43.0 Å². The number of imidazole rings is 1. The Morgan fingerprint density at radius 1 is 1.32 bits per heavy atom. The molecule has 4 atom stereocenters. The molecule has 31 heavy (non-hydrogen) atoms. The van der Waals surface area contributed by atoms with Gasteiger partial charge in [-0.15, -0.1) is 0 Å². The molecule has 4 rings (SSSR count). The molecule has 3 heterocycles. The zero-order chi connectivity index (χ0) is 22.2. The molecule has 0 radical (unpaired) electrons. The van der Waals surface area contributed by atoms with E-state index in [4.69, 9.17) is 20.3 Å². The normalized spacial score (nSPS) is 22.8. The smallest absolute Gasteiger partial charge is 0.390 e. The number of aromatic nitrogens is 4. The van der Waals surface area contributed by atoms with Gasteiger partial charge in [0.15, 0.2) is 5.52 Å². The maximum atomic E-state index is 10.9. The number of rotatable bonds is 7. The number of nitrogens with two attached hydrogens (primary N) is 1. The van der Waals surface area contributed by atoms with Gasteiger partial charge in [-0.2, -0.15) is 0 Å². The maximum Gasteiger partial charge on any atom is 0.469 e. The minimum atomic E-state index is -4.67. The summed E-state index contributed by atoms with van der Waals surface area (Å²) in [5.74, 6) is 0.304. The summed E-state index contributed by atoms with van der Waals surface area (Å²) in [5, 5.41) is 20.6. The standard InChI is InChI=1S/C18H22N5O7P/c19-17-16-18(21-9-22(17)7-13(25)11-4-2-1-3-5-11)23(10-20-16)15-6-12(24)14(30-15)8-29-31(26,27)28/h1-5,9-10,12-15,19,24-25H,6-8H2,(H2,26,27,28)/p+1/t12-,13?,14+,15+/m0/s1. The molecular weight excluding hydrogens is 429 g/mol. The lowest BCUT2D eigenvalue weighted by Crippen LogP contribution is -2.40. The monoisotopic (exact) mass is 452 g/mol. The van der Waals surface area contributed by atoms with Gasteiger partial charge in [0.05, 0.1) is 12.7 Å². The highest BCUT2D eigenvalue weighted by atomic mass is 31.2. The van der Waals surface area contributed by atoms with Crippen molar-refractivity contribution in [2.75, 3.05) is 12.3 Å². The van der Waals surface area contributed by atoms with Crippen LogP contribution in [0.1, 0.15) is 24.3 Å². The lowest BCUT2D eigenvalue weighted by Gasteiger charge is -2.15. The lowest BCUT2D eigenvalue weighted by atomic mass is 10.1. The molecular formula is C18H23N5O7P+. The van der Waals surface area contributed by atoms with Gasteiger partial charge in [0.2, 0.25) is 12.0 Å². The summed E-state index contributed by atoms with van der Waals surface area (Å²) in [5.41, 5.74) is 7.81. The van der Waals surface area contributed by atoms with Crippen molar-refractivity contribution in [1.29, 1.82) is 0 Å². The lowest BCUT2D eigenvalue weighted by molar-refractivity contribution is -0.692. The van der Waals surface area contributed by atoms with Crippen LogP contribution in [0.25, 0.3) is 11.2 Å². The number of nitrogen functional groups attached to an aromatic ring is 1. The van der Waals surface area contributed by atoms with E-state index in [1.54, 1.807) is 9.13 Å². The summed E-state index contributed by atoms with van der Waals surface area (Å²) in [6.45, 7) is -0.270. The van der Waals surface area contributed by atoms with Crippen LogP contribution in [0.3, 0.4) is 0 Å². The molecule has 0 saturated carbocycles. The van der Waals surface area contributed by atoms with Crippen LogP contribution in [0, 0.1) is 0 Å². The average Bonchev–Trinajstić information content (AvgIpc) is 3.32. The third-order valence-electron chi connectivity index (χ3n) is 5.11. The van der Waals surface area contributed by atoms with E-state index in [1.165, 1.54) is 12.7 Å². The second-order valence-corrected chi connectivity index (χ2v) is 8.49. The fourth-order valence-corrected chi connectivity index (χ4v) is 3.86. The van der Waals surface area contributed by atoms with Crippen molar-refractivity contribution in [3.8, 4) is 0 Å². The van der Waals surface area contributed by atoms with Crippen LogP contribution in [-0.4, -0.2) is 53.3 Å². The summed E-state index contributed by atoms with van der Waals surface area (Å²) < 4.78 is 24.2. The molecule has 0 amide bonds. The van der Waals surface area contributed by atoms with Gasteiger partial charge in [-0.25, -0.2) is 14.1 Å². The van der Waals surface area contributed by atoms with Crippen molar-refractivity contribution in [3.05, 3.63) is 48.5 Å². The van der Waals surface area contributed by atoms with Crippen molar-refractivity contribution in [1.82, 2.24) is 14.5 Å². The Morgan fingerprint density at radius 2 is 2.06 bits per heavy atom. The van der Waals surface area contributed by atoms with Gasteiger partial charge in [0.25, 0.3) is 5.82 Å². The molecule has 6 N–H and O–H groups in total. The minimum absolute atomic E-state index is 0.157. The number of fused-ring (bicyclic) bond motifs is 1. The highest BCUT2D eigenvalue weighted by molar-refractivity contribution is 7.46. The second kappa shape index (κ2) is 8.60. The first-order valence-electron chi connectivity index (χ1n) is 9.50. The molecule has 0 spiro atoms. The number of phosphoric ester groups is 1. The van der Waals surface area contributed by atoms with Crippen LogP contribution >= 0.6 is 7.82 Å². The van der Waals surface area contributed by atoms with Crippen molar-refractivity contribution < 1.29 is 38.4 Å². The van der Waals surface area contributed by atoms with Crippen molar-refractivity contribution in [2.24, 2.45) is 0 Å². The first-order valence-corrected chi connectivity index (χ1v) is 11.0. The molecule has 13 heteroatoms. The molecule has 1 aromatic carbocycles. The maximum absolute atomic E-state index is 10.9. The van der Waals surface area contributed by atoms with E-state index < -0.39 is 39.0 Å². The topological polar surface area (TPSA) is 177 Å². The average molecular weight is 452 g/mol. The summed E-state index contributed by atoms with van der Waals surface area (Å²) in [6, 6.07) is 9.17. The van der Waals surface area contributed by atoms with Gasteiger partial charge >= 0.3 is 7.82 Å². The molecule has 166 valence electrons. The fraction of sp³-hybridized carbons (Fsp3) is 0.389. The number of benzene rings is 1. The molecule has 0 bridgehead atoms. The van der Waals surface area contributed by atoms with Crippen molar-refractivity contribution >= 4 is 24.8 Å².